The maximum Gasteiger partial charge on any atom is 0.307 e. The lowest BCUT2D eigenvalue weighted by Crippen LogP contribution is -2.29. The summed E-state index contributed by atoms with van der Waals surface area (Å²) in [5, 5.41) is 9.13. The van der Waals surface area contributed by atoms with Gasteiger partial charge in [0.2, 0.25) is 0 Å². The highest BCUT2D eigenvalue weighted by molar-refractivity contribution is 8.13. The number of thioether (sulfide) groups is 1. The number of rotatable bonds is 4. The van der Waals surface area contributed by atoms with Crippen molar-refractivity contribution < 1.29 is 14.7 Å². The van der Waals surface area contributed by atoms with Gasteiger partial charge in [-0.3, -0.25) is 9.59 Å². The molecule has 0 saturated carbocycles. The molecular formula is C15H16O3S. The summed E-state index contributed by atoms with van der Waals surface area (Å²) in [5.74, 6) is -1.23. The molecule has 1 aliphatic carbocycles. The molecule has 1 aromatic carbocycles. The predicted molar refractivity (Wildman–Crippen MR) is 75.7 cm³/mol. The minimum absolute atomic E-state index is 0.0133. The van der Waals surface area contributed by atoms with Gasteiger partial charge < -0.3 is 5.11 Å². The van der Waals surface area contributed by atoms with Crippen molar-refractivity contribution in [1.82, 2.24) is 0 Å². The third-order valence-corrected chi connectivity index (χ3v) is 4.34. The van der Waals surface area contributed by atoms with Gasteiger partial charge in [-0.1, -0.05) is 54.2 Å². The molecule has 0 unspecified atom stereocenters. The van der Waals surface area contributed by atoms with Crippen LogP contribution in [0, 0.1) is 11.8 Å². The van der Waals surface area contributed by atoms with E-state index in [1.807, 2.05) is 42.5 Å². The van der Waals surface area contributed by atoms with E-state index in [2.05, 4.69) is 0 Å². The summed E-state index contributed by atoms with van der Waals surface area (Å²) < 4.78 is 0. The monoisotopic (exact) mass is 276 g/mol. The van der Waals surface area contributed by atoms with Gasteiger partial charge in [-0.25, -0.2) is 0 Å². The van der Waals surface area contributed by atoms with Gasteiger partial charge in [0.1, 0.15) is 0 Å². The second kappa shape index (κ2) is 6.57. The molecule has 0 aromatic heterocycles. The molecule has 19 heavy (non-hydrogen) atoms. The lowest BCUT2D eigenvalue weighted by Gasteiger charge is -2.23. The number of carboxylic acid groups (broad SMARTS) is 1. The number of allylic oxidation sites excluding steroid dienone is 2. The number of aliphatic carboxylic acids is 1. The molecule has 0 heterocycles. The molecule has 2 rings (SSSR count). The maximum atomic E-state index is 12.2. The van der Waals surface area contributed by atoms with E-state index in [0.717, 1.165) is 5.56 Å². The van der Waals surface area contributed by atoms with Crippen LogP contribution in [0.15, 0.2) is 42.5 Å². The van der Waals surface area contributed by atoms with Crippen LogP contribution in [0.4, 0.5) is 0 Å². The van der Waals surface area contributed by atoms with E-state index in [1.165, 1.54) is 11.8 Å². The third kappa shape index (κ3) is 3.70. The van der Waals surface area contributed by atoms with Crippen LogP contribution in [0.5, 0.6) is 0 Å². The van der Waals surface area contributed by atoms with Crippen molar-refractivity contribution in [1.29, 1.82) is 0 Å². The fraction of sp³-hybridized carbons (Fsp3) is 0.333. The normalized spacial score (nSPS) is 22.1. The molecule has 0 fully saturated rings. The van der Waals surface area contributed by atoms with Crippen LogP contribution >= 0.6 is 11.8 Å². The van der Waals surface area contributed by atoms with Crippen molar-refractivity contribution in [2.24, 2.45) is 11.8 Å². The van der Waals surface area contributed by atoms with Crippen LogP contribution in [-0.4, -0.2) is 16.2 Å². The molecular weight excluding hydrogens is 260 g/mol. The number of hydrogen-bond acceptors (Lipinski definition) is 3. The summed E-state index contributed by atoms with van der Waals surface area (Å²) in [6, 6.07) is 9.74. The number of carboxylic acids is 1. The molecule has 3 nitrogen and oxygen atoms in total. The topological polar surface area (TPSA) is 54.4 Å². The van der Waals surface area contributed by atoms with Crippen molar-refractivity contribution in [3.05, 3.63) is 48.0 Å². The van der Waals surface area contributed by atoms with Crippen LogP contribution in [0.25, 0.3) is 0 Å². The van der Waals surface area contributed by atoms with Gasteiger partial charge in [-0.05, 0) is 18.4 Å². The Kier molecular flexibility index (Phi) is 4.80. The molecule has 0 radical (unpaired) electrons. The third-order valence-electron chi connectivity index (χ3n) is 3.28. The lowest BCUT2D eigenvalue weighted by molar-refractivity contribution is -0.145. The molecule has 1 N–H and O–H groups in total. The van der Waals surface area contributed by atoms with Gasteiger partial charge in [0, 0.05) is 11.7 Å². The Bertz CT molecular complexity index is 481. The van der Waals surface area contributed by atoms with Gasteiger partial charge >= 0.3 is 5.97 Å². The predicted octanol–water partition coefficient (Wildman–Crippen LogP) is 3.11. The zero-order valence-electron chi connectivity index (χ0n) is 10.5. The van der Waals surface area contributed by atoms with Crippen molar-refractivity contribution in [3.8, 4) is 0 Å². The van der Waals surface area contributed by atoms with E-state index >= 15 is 0 Å². The van der Waals surface area contributed by atoms with Gasteiger partial charge in [0.05, 0.1) is 5.92 Å². The minimum atomic E-state index is -0.872. The average molecular weight is 276 g/mol. The summed E-state index contributed by atoms with van der Waals surface area (Å²) in [5.41, 5.74) is 1.08. The quantitative estimate of drug-likeness (QED) is 0.858. The number of benzene rings is 1. The SMILES string of the molecule is O=C(SCc1ccccc1)[C@H]1CC=CC[C@H]1C(=O)O. The Morgan fingerprint density at radius 1 is 1.11 bits per heavy atom. The fourth-order valence-electron chi connectivity index (χ4n) is 2.18. The van der Waals surface area contributed by atoms with Crippen molar-refractivity contribution in [3.63, 3.8) is 0 Å². The molecule has 0 saturated heterocycles. The second-order valence-electron chi connectivity index (χ2n) is 4.59. The van der Waals surface area contributed by atoms with E-state index in [0.29, 0.717) is 18.6 Å². The maximum absolute atomic E-state index is 12.2. The summed E-state index contributed by atoms with van der Waals surface area (Å²) in [4.78, 5) is 23.3. The largest absolute Gasteiger partial charge is 0.481 e. The minimum Gasteiger partial charge on any atom is -0.481 e. The first-order valence-electron chi connectivity index (χ1n) is 6.27. The summed E-state index contributed by atoms with van der Waals surface area (Å²) in [6.45, 7) is 0. The highest BCUT2D eigenvalue weighted by Gasteiger charge is 2.33. The van der Waals surface area contributed by atoms with Crippen LogP contribution in [0.1, 0.15) is 18.4 Å². The van der Waals surface area contributed by atoms with E-state index in [4.69, 9.17) is 5.11 Å². The van der Waals surface area contributed by atoms with Gasteiger partial charge in [-0.15, -0.1) is 0 Å². The Hall–Kier alpha value is -1.55. The molecule has 2 atom stereocenters. The van der Waals surface area contributed by atoms with Crippen molar-refractivity contribution >= 4 is 22.8 Å². The van der Waals surface area contributed by atoms with E-state index in [1.54, 1.807) is 0 Å². The smallest absolute Gasteiger partial charge is 0.307 e. The lowest BCUT2D eigenvalue weighted by atomic mass is 9.84. The highest BCUT2D eigenvalue weighted by atomic mass is 32.2. The van der Waals surface area contributed by atoms with E-state index < -0.39 is 17.8 Å². The van der Waals surface area contributed by atoms with Crippen LogP contribution in [-0.2, 0) is 15.3 Å². The fourth-order valence-corrected chi connectivity index (χ4v) is 3.16. The molecule has 1 aromatic rings. The van der Waals surface area contributed by atoms with Gasteiger partial charge in [0.15, 0.2) is 5.12 Å². The first-order valence-corrected chi connectivity index (χ1v) is 7.25. The van der Waals surface area contributed by atoms with Crippen LogP contribution < -0.4 is 0 Å². The molecule has 0 aliphatic heterocycles. The van der Waals surface area contributed by atoms with Gasteiger partial charge in [0.25, 0.3) is 0 Å². The molecule has 0 bridgehead atoms. The standard InChI is InChI=1S/C15H16O3S/c16-14(17)12-8-4-5-9-13(12)15(18)19-10-11-6-2-1-3-7-11/h1-7,12-13H,8-10H2,(H,16,17)/t12-,13+/m1/s1. The van der Waals surface area contributed by atoms with Crippen molar-refractivity contribution in [2.75, 3.05) is 0 Å². The number of carbonyl (C=O) groups is 2. The zero-order valence-corrected chi connectivity index (χ0v) is 11.3. The highest BCUT2D eigenvalue weighted by Crippen LogP contribution is 2.31. The Morgan fingerprint density at radius 3 is 2.37 bits per heavy atom. The van der Waals surface area contributed by atoms with Crippen molar-refractivity contribution in [2.45, 2.75) is 18.6 Å². The first kappa shape index (κ1) is 13.9. The summed E-state index contributed by atoms with van der Waals surface area (Å²) >= 11 is 1.22. The van der Waals surface area contributed by atoms with E-state index in [9.17, 15) is 9.59 Å². The molecule has 1 aliphatic rings. The Morgan fingerprint density at radius 2 is 1.74 bits per heavy atom. The zero-order chi connectivity index (χ0) is 13.7. The second-order valence-corrected chi connectivity index (χ2v) is 5.57. The van der Waals surface area contributed by atoms with E-state index in [-0.39, 0.29) is 5.12 Å². The molecule has 0 spiro atoms. The molecule has 0 amide bonds. The first-order chi connectivity index (χ1) is 9.18. The average Bonchev–Trinajstić information content (AvgIpc) is 2.46. The van der Waals surface area contributed by atoms with Crippen LogP contribution in [0.3, 0.4) is 0 Å². The summed E-state index contributed by atoms with van der Waals surface area (Å²) in [6.07, 6.45) is 4.75. The Balaban J connectivity index is 1.95. The Labute approximate surface area is 116 Å². The number of carbonyl (C=O) groups excluding carboxylic acids is 1. The molecule has 4 heteroatoms. The number of hydrogen-bond donors (Lipinski definition) is 1. The van der Waals surface area contributed by atoms with Gasteiger partial charge in [-0.2, -0.15) is 0 Å². The van der Waals surface area contributed by atoms with Crippen LogP contribution in [0.2, 0.25) is 0 Å². The summed E-state index contributed by atoms with van der Waals surface area (Å²) in [7, 11) is 0. The molecule has 100 valence electrons.